The molecule has 2 aromatic carbocycles. The number of aromatic nitrogens is 1. The number of thiazole rings is 1. The van der Waals surface area contributed by atoms with Gasteiger partial charge in [-0.05, 0) is 55.3 Å². The van der Waals surface area contributed by atoms with Gasteiger partial charge in [0.05, 0.1) is 21.2 Å². The Bertz CT molecular complexity index is 1280. The lowest BCUT2D eigenvalue weighted by atomic mass is 10.2. The molecule has 0 bridgehead atoms. The van der Waals surface area contributed by atoms with Gasteiger partial charge in [0, 0.05) is 38.4 Å². The Hall–Kier alpha value is -2.86. The number of nitrogens with zero attached hydrogens (tertiary/aromatic N) is 2. The largest absolute Gasteiger partial charge is 0.377 e. The first-order valence-corrected chi connectivity index (χ1v) is 12.7. The number of ether oxygens (including phenoxy) is 1. The molecule has 2 heterocycles. The van der Waals surface area contributed by atoms with Gasteiger partial charge in [-0.15, -0.1) is 0 Å². The maximum absolute atomic E-state index is 12.8. The normalized spacial score (nSPS) is 16.3. The Kier molecular flexibility index (Phi) is 6.75. The standard InChI is InChI=1S/C22H24N4O5S2/c1-14(27)23-16-7-10-19-20(12-16)32-22(24-19)25-21(28)15-5-8-18(9-6-15)33(29,30)26(2)13-17-4-3-11-31-17/h5-10,12,17H,3-4,11,13H2,1-2H3,(H,23,27)(H,24,25,28). The van der Waals surface area contributed by atoms with Gasteiger partial charge in [-0.3, -0.25) is 14.9 Å². The molecule has 1 unspecified atom stereocenters. The predicted molar refractivity (Wildman–Crippen MR) is 127 cm³/mol. The minimum absolute atomic E-state index is 0.0852. The van der Waals surface area contributed by atoms with Gasteiger partial charge in [-0.2, -0.15) is 4.31 Å². The van der Waals surface area contributed by atoms with E-state index in [1.807, 2.05) is 0 Å². The second kappa shape index (κ2) is 9.56. The Morgan fingerprint density at radius 3 is 2.61 bits per heavy atom. The Balaban J connectivity index is 1.44. The molecule has 4 rings (SSSR count). The highest BCUT2D eigenvalue weighted by Crippen LogP contribution is 2.29. The molecule has 9 nitrogen and oxygen atoms in total. The monoisotopic (exact) mass is 488 g/mol. The summed E-state index contributed by atoms with van der Waals surface area (Å²) in [6, 6.07) is 11.1. The van der Waals surface area contributed by atoms with E-state index < -0.39 is 15.9 Å². The molecule has 0 radical (unpaired) electrons. The molecular weight excluding hydrogens is 464 g/mol. The number of rotatable bonds is 7. The second-order valence-electron chi connectivity index (χ2n) is 7.78. The Morgan fingerprint density at radius 2 is 1.94 bits per heavy atom. The van der Waals surface area contributed by atoms with Crippen LogP contribution in [0.15, 0.2) is 47.4 Å². The first-order chi connectivity index (χ1) is 15.7. The van der Waals surface area contributed by atoms with Crippen LogP contribution in [0.3, 0.4) is 0 Å². The summed E-state index contributed by atoms with van der Waals surface area (Å²) in [7, 11) is -2.15. The number of benzene rings is 2. The Morgan fingerprint density at radius 1 is 1.18 bits per heavy atom. The second-order valence-corrected chi connectivity index (χ2v) is 10.9. The summed E-state index contributed by atoms with van der Waals surface area (Å²) in [4.78, 5) is 28.4. The van der Waals surface area contributed by atoms with Crippen molar-refractivity contribution >= 4 is 54.2 Å². The van der Waals surface area contributed by atoms with E-state index in [2.05, 4.69) is 15.6 Å². The first kappa shape index (κ1) is 23.3. The summed E-state index contributed by atoms with van der Waals surface area (Å²) >= 11 is 1.28. The molecule has 2 N–H and O–H groups in total. The zero-order chi connectivity index (χ0) is 23.6. The molecule has 3 aromatic rings. The van der Waals surface area contributed by atoms with Crippen LogP contribution in [0.2, 0.25) is 0 Å². The van der Waals surface area contributed by atoms with Crippen molar-refractivity contribution in [2.24, 2.45) is 0 Å². The summed E-state index contributed by atoms with van der Waals surface area (Å²) in [6.45, 7) is 2.39. The number of fused-ring (bicyclic) bond motifs is 1. The fraction of sp³-hybridized carbons (Fsp3) is 0.318. The molecule has 0 saturated carbocycles. The third kappa shape index (κ3) is 5.38. The highest BCUT2D eigenvalue weighted by Gasteiger charge is 2.26. The number of nitrogens with one attached hydrogen (secondary N) is 2. The smallest absolute Gasteiger partial charge is 0.257 e. The molecule has 11 heteroatoms. The molecule has 2 amide bonds. The minimum Gasteiger partial charge on any atom is -0.377 e. The molecule has 1 aliphatic heterocycles. The van der Waals surface area contributed by atoms with Gasteiger partial charge < -0.3 is 10.1 Å². The number of anilines is 2. The number of sulfonamides is 1. The summed E-state index contributed by atoms with van der Waals surface area (Å²) in [6.07, 6.45) is 1.70. The molecule has 1 atom stereocenters. The number of likely N-dealkylation sites (N-methyl/N-ethyl adjacent to an activating group) is 1. The van der Waals surface area contributed by atoms with Gasteiger partial charge >= 0.3 is 0 Å². The summed E-state index contributed by atoms with van der Waals surface area (Å²) in [5.41, 5.74) is 1.66. The zero-order valence-corrected chi connectivity index (χ0v) is 19.8. The van der Waals surface area contributed by atoms with E-state index in [1.165, 1.54) is 53.9 Å². The lowest BCUT2D eigenvalue weighted by molar-refractivity contribution is -0.114. The molecule has 1 saturated heterocycles. The molecule has 1 fully saturated rings. The molecular formula is C22H24N4O5S2. The fourth-order valence-electron chi connectivity index (χ4n) is 3.56. The highest BCUT2D eigenvalue weighted by atomic mass is 32.2. The van der Waals surface area contributed by atoms with Crippen molar-refractivity contribution in [1.82, 2.24) is 9.29 Å². The SMILES string of the molecule is CC(=O)Nc1ccc2nc(NC(=O)c3ccc(S(=O)(=O)N(C)CC4CCCO4)cc3)sc2c1. The van der Waals surface area contributed by atoms with Crippen molar-refractivity contribution in [1.29, 1.82) is 0 Å². The van der Waals surface area contributed by atoms with Crippen molar-refractivity contribution in [3.63, 3.8) is 0 Å². The number of hydrogen-bond donors (Lipinski definition) is 2. The van der Waals surface area contributed by atoms with Crippen LogP contribution in [0.4, 0.5) is 10.8 Å². The van der Waals surface area contributed by atoms with Gasteiger partial charge in [0.2, 0.25) is 15.9 Å². The maximum Gasteiger partial charge on any atom is 0.257 e. The Labute approximate surface area is 195 Å². The average molecular weight is 489 g/mol. The van der Waals surface area contributed by atoms with Crippen molar-refractivity contribution in [2.45, 2.75) is 30.8 Å². The fourth-order valence-corrected chi connectivity index (χ4v) is 5.66. The van der Waals surface area contributed by atoms with E-state index >= 15 is 0 Å². The summed E-state index contributed by atoms with van der Waals surface area (Å²) < 4.78 is 33.3. The number of carbonyl (C=O) groups excluding carboxylic acids is 2. The van der Waals surface area contributed by atoms with E-state index in [9.17, 15) is 18.0 Å². The topological polar surface area (TPSA) is 118 Å². The van der Waals surface area contributed by atoms with Gasteiger partial charge in [0.25, 0.3) is 5.91 Å². The highest BCUT2D eigenvalue weighted by molar-refractivity contribution is 7.89. The average Bonchev–Trinajstić information content (AvgIpc) is 3.42. The van der Waals surface area contributed by atoms with Crippen LogP contribution in [-0.2, 0) is 19.6 Å². The lowest BCUT2D eigenvalue weighted by Crippen LogP contribution is -2.34. The van der Waals surface area contributed by atoms with Crippen molar-refractivity contribution < 1.29 is 22.7 Å². The molecule has 0 aliphatic carbocycles. The summed E-state index contributed by atoms with van der Waals surface area (Å²) in [5, 5.41) is 5.86. The van der Waals surface area contributed by atoms with E-state index in [0.29, 0.717) is 35.1 Å². The molecule has 174 valence electrons. The quantitative estimate of drug-likeness (QED) is 0.527. The first-order valence-electron chi connectivity index (χ1n) is 10.4. The van der Waals surface area contributed by atoms with Crippen molar-refractivity contribution in [3.8, 4) is 0 Å². The van der Waals surface area contributed by atoms with Gasteiger partial charge in [-0.25, -0.2) is 13.4 Å². The van der Waals surface area contributed by atoms with Crippen molar-refractivity contribution in [2.75, 3.05) is 30.8 Å². The van der Waals surface area contributed by atoms with Crippen molar-refractivity contribution in [3.05, 3.63) is 48.0 Å². The number of amides is 2. The lowest BCUT2D eigenvalue weighted by Gasteiger charge is -2.20. The maximum atomic E-state index is 12.8. The van der Waals surface area contributed by atoms with E-state index in [4.69, 9.17) is 4.74 Å². The zero-order valence-electron chi connectivity index (χ0n) is 18.2. The van der Waals surface area contributed by atoms with Gasteiger partial charge in [-0.1, -0.05) is 11.3 Å². The summed E-state index contributed by atoms with van der Waals surface area (Å²) in [5.74, 6) is -0.566. The number of carbonyl (C=O) groups is 2. The van der Waals surface area contributed by atoms with E-state index in [-0.39, 0.29) is 16.9 Å². The molecule has 33 heavy (non-hydrogen) atoms. The van der Waals surface area contributed by atoms with Gasteiger partial charge in [0.1, 0.15) is 0 Å². The van der Waals surface area contributed by atoms with Crippen LogP contribution in [0.5, 0.6) is 0 Å². The van der Waals surface area contributed by atoms with Crippen LogP contribution in [-0.4, -0.2) is 55.8 Å². The molecule has 1 aromatic heterocycles. The number of hydrogen-bond acceptors (Lipinski definition) is 7. The third-order valence-corrected chi connectivity index (χ3v) is 8.01. The van der Waals surface area contributed by atoms with E-state index in [1.54, 1.807) is 18.2 Å². The van der Waals surface area contributed by atoms with Crippen LogP contribution in [0, 0.1) is 0 Å². The molecule has 1 aliphatic rings. The van der Waals surface area contributed by atoms with Crippen LogP contribution in [0.1, 0.15) is 30.1 Å². The van der Waals surface area contributed by atoms with Crippen LogP contribution >= 0.6 is 11.3 Å². The van der Waals surface area contributed by atoms with E-state index in [0.717, 1.165) is 17.5 Å². The minimum atomic E-state index is -3.68. The van der Waals surface area contributed by atoms with Crippen LogP contribution in [0.25, 0.3) is 10.2 Å². The third-order valence-electron chi connectivity index (χ3n) is 5.24. The van der Waals surface area contributed by atoms with Gasteiger partial charge in [0.15, 0.2) is 5.13 Å². The predicted octanol–water partition coefficient (Wildman–Crippen LogP) is 3.31. The van der Waals surface area contributed by atoms with Crippen LogP contribution < -0.4 is 10.6 Å². The molecule has 0 spiro atoms.